The Morgan fingerprint density at radius 2 is 1.82 bits per heavy atom. The van der Waals surface area contributed by atoms with Crippen molar-refractivity contribution >= 4 is 17.8 Å². The molecule has 0 spiro atoms. The minimum absolute atomic E-state index is 0.0382. The molecule has 124 valence electrons. The van der Waals surface area contributed by atoms with Crippen LogP contribution in [0.3, 0.4) is 0 Å². The Morgan fingerprint density at radius 3 is 2.45 bits per heavy atom. The van der Waals surface area contributed by atoms with Crippen LogP contribution in [-0.2, 0) is 14.4 Å². The van der Waals surface area contributed by atoms with Crippen molar-refractivity contribution in [2.24, 2.45) is 5.92 Å². The third kappa shape index (κ3) is 4.21. The number of rotatable bonds is 5. The van der Waals surface area contributed by atoms with Crippen LogP contribution in [0.5, 0.6) is 0 Å². The summed E-state index contributed by atoms with van der Waals surface area (Å²) in [4.78, 5) is 37.0. The molecule has 2 atom stereocenters. The highest BCUT2D eigenvalue weighted by Crippen LogP contribution is 2.24. The lowest BCUT2D eigenvalue weighted by atomic mass is 9.88. The van der Waals surface area contributed by atoms with Gasteiger partial charge in [-0.1, -0.05) is 19.3 Å². The normalized spacial score (nSPS) is 24.0. The summed E-state index contributed by atoms with van der Waals surface area (Å²) in [5.41, 5.74) is 0. The molecular weight excluding hydrogens is 284 g/mol. The second kappa shape index (κ2) is 7.61. The zero-order chi connectivity index (χ0) is 16.1. The van der Waals surface area contributed by atoms with Gasteiger partial charge in [-0.25, -0.2) is 4.79 Å². The second-order valence-corrected chi connectivity index (χ2v) is 6.53. The Bertz CT molecular complexity index is 432. The SMILES string of the molecule is CC(CC(=O)N1CCCC1C(=O)O)NC(=O)C1CCCCC1. The molecule has 22 heavy (non-hydrogen) atoms. The van der Waals surface area contributed by atoms with Crippen molar-refractivity contribution in [1.82, 2.24) is 10.2 Å². The number of carboxylic acid groups (broad SMARTS) is 1. The van der Waals surface area contributed by atoms with E-state index in [1.54, 1.807) is 0 Å². The lowest BCUT2D eigenvalue weighted by Crippen LogP contribution is -2.45. The van der Waals surface area contributed by atoms with Gasteiger partial charge in [0.1, 0.15) is 6.04 Å². The van der Waals surface area contributed by atoms with Gasteiger partial charge in [-0.05, 0) is 32.6 Å². The molecule has 0 radical (unpaired) electrons. The highest BCUT2D eigenvalue weighted by atomic mass is 16.4. The molecule has 1 aliphatic heterocycles. The van der Waals surface area contributed by atoms with Crippen molar-refractivity contribution in [3.8, 4) is 0 Å². The van der Waals surface area contributed by atoms with E-state index in [9.17, 15) is 14.4 Å². The van der Waals surface area contributed by atoms with E-state index in [4.69, 9.17) is 5.11 Å². The highest BCUT2D eigenvalue weighted by molar-refractivity contribution is 5.85. The van der Waals surface area contributed by atoms with E-state index in [1.165, 1.54) is 11.3 Å². The zero-order valence-electron chi connectivity index (χ0n) is 13.2. The monoisotopic (exact) mass is 310 g/mol. The fraction of sp³-hybridized carbons (Fsp3) is 0.812. The minimum atomic E-state index is -0.940. The third-order valence-electron chi connectivity index (χ3n) is 4.70. The predicted octanol–water partition coefficient (Wildman–Crippen LogP) is 1.54. The minimum Gasteiger partial charge on any atom is -0.480 e. The number of carbonyl (C=O) groups excluding carboxylic acids is 2. The van der Waals surface area contributed by atoms with E-state index in [0.29, 0.717) is 13.0 Å². The standard InChI is InChI=1S/C16H26N2O4/c1-11(17-15(20)12-6-3-2-4-7-12)10-14(19)18-9-5-8-13(18)16(21)22/h11-13H,2-10H2,1H3,(H,17,20)(H,21,22). The van der Waals surface area contributed by atoms with Crippen LogP contribution in [0.2, 0.25) is 0 Å². The van der Waals surface area contributed by atoms with Gasteiger partial charge in [-0.15, -0.1) is 0 Å². The molecule has 1 saturated carbocycles. The number of hydrogen-bond acceptors (Lipinski definition) is 3. The number of carbonyl (C=O) groups is 3. The van der Waals surface area contributed by atoms with Crippen LogP contribution in [0, 0.1) is 5.92 Å². The number of hydrogen-bond donors (Lipinski definition) is 2. The van der Waals surface area contributed by atoms with Crippen molar-refractivity contribution in [3.05, 3.63) is 0 Å². The first-order valence-electron chi connectivity index (χ1n) is 8.31. The van der Waals surface area contributed by atoms with Crippen LogP contribution in [0.1, 0.15) is 58.3 Å². The van der Waals surface area contributed by atoms with Crippen LogP contribution in [0.4, 0.5) is 0 Å². The molecule has 2 unspecified atom stereocenters. The molecular formula is C16H26N2O4. The van der Waals surface area contributed by atoms with Crippen LogP contribution in [0.25, 0.3) is 0 Å². The van der Waals surface area contributed by atoms with E-state index in [0.717, 1.165) is 32.1 Å². The van der Waals surface area contributed by atoms with E-state index in [2.05, 4.69) is 5.32 Å². The maximum absolute atomic E-state index is 12.2. The van der Waals surface area contributed by atoms with Crippen molar-refractivity contribution in [3.63, 3.8) is 0 Å². The highest BCUT2D eigenvalue weighted by Gasteiger charge is 2.34. The number of aliphatic carboxylic acids is 1. The van der Waals surface area contributed by atoms with Crippen molar-refractivity contribution in [1.29, 1.82) is 0 Å². The summed E-state index contributed by atoms with van der Waals surface area (Å²) >= 11 is 0. The molecule has 2 amide bonds. The van der Waals surface area contributed by atoms with Gasteiger partial charge < -0.3 is 15.3 Å². The van der Waals surface area contributed by atoms with Gasteiger partial charge in [0, 0.05) is 24.9 Å². The third-order valence-corrected chi connectivity index (χ3v) is 4.70. The molecule has 6 nitrogen and oxygen atoms in total. The quantitative estimate of drug-likeness (QED) is 0.806. The summed E-state index contributed by atoms with van der Waals surface area (Å²) < 4.78 is 0. The summed E-state index contributed by atoms with van der Waals surface area (Å²) in [6, 6.07) is -0.953. The molecule has 6 heteroatoms. The van der Waals surface area contributed by atoms with Crippen molar-refractivity contribution < 1.29 is 19.5 Å². The van der Waals surface area contributed by atoms with Gasteiger partial charge in [0.25, 0.3) is 0 Å². The Balaban J connectivity index is 1.80. The Kier molecular flexibility index (Phi) is 5.80. The summed E-state index contributed by atoms with van der Waals surface area (Å²) in [6.45, 7) is 2.31. The predicted molar refractivity (Wildman–Crippen MR) is 81.2 cm³/mol. The van der Waals surface area contributed by atoms with Crippen molar-refractivity contribution in [2.45, 2.75) is 70.4 Å². The van der Waals surface area contributed by atoms with Gasteiger partial charge in [-0.3, -0.25) is 9.59 Å². The maximum atomic E-state index is 12.2. The fourth-order valence-corrected chi connectivity index (χ4v) is 3.48. The first kappa shape index (κ1) is 16.8. The average Bonchev–Trinajstić information content (AvgIpc) is 2.97. The van der Waals surface area contributed by atoms with Crippen LogP contribution >= 0.6 is 0 Å². The molecule has 2 rings (SSSR count). The molecule has 1 aliphatic carbocycles. The van der Waals surface area contributed by atoms with Crippen molar-refractivity contribution in [2.75, 3.05) is 6.54 Å². The number of nitrogens with one attached hydrogen (secondary N) is 1. The van der Waals surface area contributed by atoms with Crippen LogP contribution in [-0.4, -0.2) is 46.4 Å². The van der Waals surface area contributed by atoms with Crippen LogP contribution in [0.15, 0.2) is 0 Å². The zero-order valence-corrected chi connectivity index (χ0v) is 13.2. The Hall–Kier alpha value is -1.59. The molecule has 1 heterocycles. The topological polar surface area (TPSA) is 86.7 Å². The van der Waals surface area contributed by atoms with Gasteiger partial charge in [0.15, 0.2) is 0 Å². The molecule has 2 N–H and O–H groups in total. The lowest BCUT2D eigenvalue weighted by Gasteiger charge is -2.25. The summed E-state index contributed by atoms with van der Waals surface area (Å²) in [5.74, 6) is -1.01. The second-order valence-electron chi connectivity index (χ2n) is 6.53. The first-order chi connectivity index (χ1) is 10.5. The molecule has 0 aromatic heterocycles. The molecule has 1 saturated heterocycles. The number of likely N-dealkylation sites (tertiary alicyclic amines) is 1. The number of amides is 2. The maximum Gasteiger partial charge on any atom is 0.326 e. The van der Waals surface area contributed by atoms with E-state index in [-0.39, 0.29) is 30.2 Å². The Labute approximate surface area is 131 Å². The van der Waals surface area contributed by atoms with Gasteiger partial charge in [0.05, 0.1) is 0 Å². The summed E-state index contributed by atoms with van der Waals surface area (Å²) in [7, 11) is 0. The molecule has 0 aromatic rings. The summed E-state index contributed by atoms with van der Waals surface area (Å²) in [5, 5.41) is 12.0. The first-order valence-corrected chi connectivity index (χ1v) is 8.31. The largest absolute Gasteiger partial charge is 0.480 e. The smallest absolute Gasteiger partial charge is 0.326 e. The van der Waals surface area contributed by atoms with Gasteiger partial charge in [-0.2, -0.15) is 0 Å². The Morgan fingerprint density at radius 1 is 1.14 bits per heavy atom. The molecule has 0 aromatic carbocycles. The van der Waals surface area contributed by atoms with Gasteiger partial charge in [0.2, 0.25) is 11.8 Å². The van der Waals surface area contributed by atoms with E-state index < -0.39 is 12.0 Å². The molecule has 0 bridgehead atoms. The molecule has 2 aliphatic rings. The lowest BCUT2D eigenvalue weighted by molar-refractivity contribution is -0.148. The van der Waals surface area contributed by atoms with Gasteiger partial charge >= 0.3 is 5.97 Å². The average molecular weight is 310 g/mol. The number of carboxylic acids is 1. The fourth-order valence-electron chi connectivity index (χ4n) is 3.48. The van der Waals surface area contributed by atoms with E-state index in [1.807, 2.05) is 6.92 Å². The van der Waals surface area contributed by atoms with Crippen LogP contribution < -0.4 is 5.32 Å². The summed E-state index contributed by atoms with van der Waals surface area (Å²) in [6.07, 6.45) is 6.67. The molecule has 2 fully saturated rings. The number of nitrogens with zero attached hydrogens (tertiary/aromatic N) is 1. The van der Waals surface area contributed by atoms with E-state index >= 15 is 0 Å².